The van der Waals surface area contributed by atoms with Crippen LogP contribution in [0.4, 0.5) is 0 Å². The van der Waals surface area contributed by atoms with Gasteiger partial charge in [-0.2, -0.15) is 0 Å². The standard InChI is InChI=1S/C14H19N3O2S/c15-7-1-3-13-9-14(11-16-10-13)20(18,19)17-8-2-4-12-5-6-12/h9-12,17H,2,4-8,15H2. The van der Waals surface area contributed by atoms with E-state index in [4.69, 9.17) is 5.73 Å². The Balaban J connectivity index is 1.96. The van der Waals surface area contributed by atoms with Crippen LogP contribution in [0.1, 0.15) is 31.2 Å². The Hall–Kier alpha value is -1.42. The minimum atomic E-state index is -3.50. The summed E-state index contributed by atoms with van der Waals surface area (Å²) in [5.74, 6) is 6.27. The van der Waals surface area contributed by atoms with E-state index in [1.54, 1.807) is 0 Å². The molecule has 3 N–H and O–H groups in total. The van der Waals surface area contributed by atoms with Crippen molar-refractivity contribution in [3.8, 4) is 11.8 Å². The van der Waals surface area contributed by atoms with E-state index in [1.165, 1.54) is 31.3 Å². The molecule has 2 rings (SSSR count). The molecule has 0 spiro atoms. The van der Waals surface area contributed by atoms with E-state index in [0.29, 0.717) is 12.1 Å². The SMILES string of the molecule is NCC#Cc1cncc(S(=O)(=O)NCCCC2CC2)c1. The van der Waals surface area contributed by atoms with Crippen LogP contribution >= 0.6 is 0 Å². The lowest BCUT2D eigenvalue weighted by Crippen LogP contribution is -2.25. The predicted octanol–water partition coefficient (Wildman–Crippen LogP) is 0.860. The maximum atomic E-state index is 12.1. The molecule has 0 aromatic carbocycles. The molecule has 1 fully saturated rings. The molecule has 0 unspecified atom stereocenters. The third-order valence-corrected chi connectivity index (χ3v) is 4.56. The lowest BCUT2D eigenvalue weighted by molar-refractivity contribution is 0.572. The summed E-state index contributed by atoms with van der Waals surface area (Å²) >= 11 is 0. The Morgan fingerprint density at radius 2 is 2.20 bits per heavy atom. The molecule has 0 radical (unpaired) electrons. The molecule has 0 saturated heterocycles. The van der Waals surface area contributed by atoms with Gasteiger partial charge in [0.15, 0.2) is 0 Å². The molecule has 1 aliphatic carbocycles. The van der Waals surface area contributed by atoms with Crippen molar-refractivity contribution < 1.29 is 8.42 Å². The molecule has 5 nitrogen and oxygen atoms in total. The Labute approximate surface area is 120 Å². The van der Waals surface area contributed by atoms with Crippen LogP contribution in [-0.2, 0) is 10.0 Å². The van der Waals surface area contributed by atoms with E-state index in [-0.39, 0.29) is 11.4 Å². The zero-order chi connectivity index (χ0) is 14.4. The maximum absolute atomic E-state index is 12.1. The molecule has 0 aliphatic heterocycles. The van der Waals surface area contributed by atoms with Crippen LogP contribution < -0.4 is 10.5 Å². The Morgan fingerprint density at radius 3 is 2.90 bits per heavy atom. The van der Waals surface area contributed by atoms with Gasteiger partial charge in [-0.05, 0) is 24.8 Å². The summed E-state index contributed by atoms with van der Waals surface area (Å²) in [7, 11) is -3.50. The smallest absolute Gasteiger partial charge is 0.242 e. The van der Waals surface area contributed by atoms with Gasteiger partial charge in [-0.25, -0.2) is 13.1 Å². The first kappa shape index (κ1) is 15.0. The first-order valence-electron chi connectivity index (χ1n) is 6.75. The zero-order valence-corrected chi connectivity index (χ0v) is 12.1. The van der Waals surface area contributed by atoms with Crippen LogP contribution in [0.3, 0.4) is 0 Å². The van der Waals surface area contributed by atoms with Crippen molar-refractivity contribution in [1.29, 1.82) is 0 Å². The molecule has 0 amide bonds. The summed E-state index contributed by atoms with van der Waals surface area (Å²) in [6.45, 7) is 0.702. The van der Waals surface area contributed by atoms with Crippen LogP contribution in [0.15, 0.2) is 23.4 Å². The lowest BCUT2D eigenvalue weighted by atomic mass is 10.2. The second-order valence-electron chi connectivity index (χ2n) is 4.90. The van der Waals surface area contributed by atoms with Gasteiger partial charge in [0.25, 0.3) is 0 Å². The van der Waals surface area contributed by atoms with Crippen LogP contribution in [0, 0.1) is 17.8 Å². The van der Waals surface area contributed by atoms with Crippen molar-refractivity contribution in [2.24, 2.45) is 11.7 Å². The minimum Gasteiger partial charge on any atom is -0.320 e. The normalized spacial score (nSPS) is 14.7. The number of hydrogen-bond donors (Lipinski definition) is 2. The number of pyridine rings is 1. The molecule has 0 bridgehead atoms. The number of hydrogen-bond acceptors (Lipinski definition) is 4. The number of nitrogens with two attached hydrogens (primary N) is 1. The molecule has 1 heterocycles. The lowest BCUT2D eigenvalue weighted by Gasteiger charge is -2.06. The van der Waals surface area contributed by atoms with E-state index in [9.17, 15) is 8.42 Å². The average molecular weight is 293 g/mol. The van der Waals surface area contributed by atoms with Gasteiger partial charge in [0.05, 0.1) is 6.54 Å². The highest BCUT2D eigenvalue weighted by Crippen LogP contribution is 2.33. The first-order valence-corrected chi connectivity index (χ1v) is 8.24. The second-order valence-corrected chi connectivity index (χ2v) is 6.67. The molecule has 0 atom stereocenters. The van der Waals surface area contributed by atoms with Gasteiger partial charge in [0, 0.05) is 24.5 Å². The zero-order valence-electron chi connectivity index (χ0n) is 11.3. The van der Waals surface area contributed by atoms with Gasteiger partial charge >= 0.3 is 0 Å². The summed E-state index contributed by atoms with van der Waals surface area (Å²) < 4.78 is 26.8. The fraction of sp³-hybridized carbons (Fsp3) is 0.500. The van der Waals surface area contributed by atoms with E-state index in [0.717, 1.165) is 18.8 Å². The molecular weight excluding hydrogens is 274 g/mol. The van der Waals surface area contributed by atoms with Crippen LogP contribution in [0.5, 0.6) is 0 Å². The molecule has 1 aliphatic rings. The third-order valence-electron chi connectivity index (χ3n) is 3.14. The van der Waals surface area contributed by atoms with Crippen LogP contribution in [0.2, 0.25) is 0 Å². The summed E-state index contributed by atoms with van der Waals surface area (Å²) in [4.78, 5) is 4.05. The van der Waals surface area contributed by atoms with Gasteiger partial charge in [0.2, 0.25) is 10.0 Å². The third kappa shape index (κ3) is 4.60. The molecule has 1 saturated carbocycles. The first-order chi connectivity index (χ1) is 9.62. The molecule has 108 valence electrons. The van der Waals surface area contributed by atoms with Crippen molar-refractivity contribution in [3.63, 3.8) is 0 Å². The predicted molar refractivity (Wildman–Crippen MR) is 77.3 cm³/mol. The van der Waals surface area contributed by atoms with Crippen molar-refractivity contribution in [2.45, 2.75) is 30.6 Å². The van der Waals surface area contributed by atoms with E-state index >= 15 is 0 Å². The Bertz CT molecular complexity index is 613. The highest BCUT2D eigenvalue weighted by atomic mass is 32.2. The van der Waals surface area contributed by atoms with E-state index in [1.807, 2.05) is 0 Å². The maximum Gasteiger partial charge on any atom is 0.242 e. The average Bonchev–Trinajstić information content (AvgIpc) is 3.26. The molecule has 6 heteroatoms. The summed E-state index contributed by atoms with van der Waals surface area (Å²) in [5, 5.41) is 0. The molecule has 1 aromatic rings. The van der Waals surface area contributed by atoms with Crippen LogP contribution in [-0.4, -0.2) is 26.5 Å². The summed E-state index contributed by atoms with van der Waals surface area (Å²) in [5.41, 5.74) is 5.84. The number of nitrogens with zero attached hydrogens (tertiary/aromatic N) is 1. The monoisotopic (exact) mass is 293 g/mol. The van der Waals surface area contributed by atoms with Gasteiger partial charge in [-0.1, -0.05) is 24.7 Å². The van der Waals surface area contributed by atoms with Gasteiger partial charge < -0.3 is 5.73 Å². The molecule has 20 heavy (non-hydrogen) atoms. The highest BCUT2D eigenvalue weighted by molar-refractivity contribution is 7.89. The van der Waals surface area contributed by atoms with Gasteiger partial charge in [-0.15, -0.1) is 0 Å². The molecular formula is C14H19N3O2S. The Morgan fingerprint density at radius 1 is 1.40 bits per heavy atom. The summed E-state index contributed by atoms with van der Waals surface area (Å²) in [6.07, 6.45) is 7.41. The van der Waals surface area contributed by atoms with Crippen molar-refractivity contribution in [3.05, 3.63) is 24.0 Å². The Kier molecular flexibility index (Phi) is 5.12. The van der Waals surface area contributed by atoms with Gasteiger partial charge in [-0.3, -0.25) is 4.98 Å². The topological polar surface area (TPSA) is 85.1 Å². The summed E-state index contributed by atoms with van der Waals surface area (Å²) in [6, 6.07) is 1.51. The highest BCUT2D eigenvalue weighted by Gasteiger charge is 2.21. The fourth-order valence-electron chi connectivity index (χ4n) is 1.87. The second kappa shape index (κ2) is 6.84. The number of aromatic nitrogens is 1. The fourth-order valence-corrected chi connectivity index (χ4v) is 2.94. The number of sulfonamides is 1. The quantitative estimate of drug-likeness (QED) is 0.602. The number of rotatable bonds is 6. The van der Waals surface area contributed by atoms with Crippen molar-refractivity contribution >= 4 is 10.0 Å². The van der Waals surface area contributed by atoms with Gasteiger partial charge in [0.1, 0.15) is 4.90 Å². The minimum absolute atomic E-state index is 0.146. The van der Waals surface area contributed by atoms with Crippen molar-refractivity contribution in [1.82, 2.24) is 9.71 Å². The van der Waals surface area contributed by atoms with E-state index in [2.05, 4.69) is 21.5 Å². The number of nitrogens with one attached hydrogen (secondary N) is 1. The van der Waals surface area contributed by atoms with E-state index < -0.39 is 10.0 Å². The van der Waals surface area contributed by atoms with Crippen molar-refractivity contribution in [2.75, 3.05) is 13.1 Å². The van der Waals surface area contributed by atoms with Crippen LogP contribution in [0.25, 0.3) is 0 Å². The molecule has 1 aromatic heterocycles. The largest absolute Gasteiger partial charge is 0.320 e.